The van der Waals surface area contributed by atoms with E-state index in [1.54, 1.807) is 6.07 Å². The standard InChI is InChI=1S/C12H6Cl5NO/c13-5-1-6(10(16)8(14)2-5)12-11(17)7(4-19)9(15)3-18-12/h1-3,19H,4H2. The van der Waals surface area contributed by atoms with Crippen LogP contribution in [-0.2, 0) is 6.61 Å². The van der Waals surface area contributed by atoms with Crippen molar-refractivity contribution in [3.63, 3.8) is 0 Å². The molecule has 1 heterocycles. The molecule has 2 nitrogen and oxygen atoms in total. The van der Waals surface area contributed by atoms with Gasteiger partial charge in [-0.25, -0.2) is 0 Å². The number of hydrogen-bond donors (Lipinski definition) is 1. The first-order valence-corrected chi connectivity index (χ1v) is 6.93. The number of rotatable bonds is 2. The van der Waals surface area contributed by atoms with E-state index in [-0.39, 0.29) is 21.7 Å². The van der Waals surface area contributed by atoms with E-state index in [2.05, 4.69) is 4.98 Å². The molecule has 2 aromatic rings. The number of pyridine rings is 1. The molecule has 0 atom stereocenters. The topological polar surface area (TPSA) is 33.1 Å². The molecule has 0 aliphatic rings. The molecule has 0 aliphatic heterocycles. The van der Waals surface area contributed by atoms with E-state index in [9.17, 15) is 5.11 Å². The van der Waals surface area contributed by atoms with E-state index < -0.39 is 0 Å². The number of aromatic nitrogens is 1. The second kappa shape index (κ2) is 6.04. The van der Waals surface area contributed by atoms with E-state index in [1.165, 1.54) is 12.3 Å². The summed E-state index contributed by atoms with van der Waals surface area (Å²) in [7, 11) is 0. The monoisotopic (exact) mass is 355 g/mol. The Kier molecular flexibility index (Phi) is 4.83. The summed E-state index contributed by atoms with van der Waals surface area (Å²) in [5.41, 5.74) is 1.22. The Bertz CT molecular complexity index is 645. The first-order chi connectivity index (χ1) is 8.95. The van der Waals surface area contributed by atoms with Gasteiger partial charge in [0.05, 0.1) is 32.4 Å². The Balaban J connectivity index is 2.73. The van der Waals surface area contributed by atoms with Gasteiger partial charge in [0.2, 0.25) is 0 Å². The maximum Gasteiger partial charge on any atom is 0.0909 e. The summed E-state index contributed by atoms with van der Waals surface area (Å²) in [4.78, 5) is 4.12. The van der Waals surface area contributed by atoms with Gasteiger partial charge in [0.25, 0.3) is 0 Å². The number of halogens is 5. The molecule has 0 radical (unpaired) electrons. The van der Waals surface area contributed by atoms with Crippen LogP contribution in [0.2, 0.25) is 25.1 Å². The maximum atomic E-state index is 9.27. The average molecular weight is 357 g/mol. The lowest BCUT2D eigenvalue weighted by Gasteiger charge is -2.11. The number of benzene rings is 1. The van der Waals surface area contributed by atoms with E-state index in [4.69, 9.17) is 58.0 Å². The molecule has 0 fully saturated rings. The third-order valence-corrected chi connectivity index (χ3v) is 4.23. The number of hydrogen-bond acceptors (Lipinski definition) is 2. The van der Waals surface area contributed by atoms with Gasteiger partial charge in [-0.1, -0.05) is 58.0 Å². The summed E-state index contributed by atoms with van der Waals surface area (Å²) in [5.74, 6) is 0. The zero-order valence-corrected chi connectivity index (χ0v) is 13.0. The minimum Gasteiger partial charge on any atom is -0.392 e. The summed E-state index contributed by atoms with van der Waals surface area (Å²) in [6.45, 7) is -0.306. The first kappa shape index (κ1) is 15.2. The van der Waals surface area contributed by atoms with Gasteiger partial charge in [0, 0.05) is 22.3 Å². The fourth-order valence-corrected chi connectivity index (χ4v) is 2.82. The van der Waals surface area contributed by atoms with Gasteiger partial charge in [-0.15, -0.1) is 0 Å². The Labute approximate surface area is 134 Å². The largest absolute Gasteiger partial charge is 0.392 e. The molecule has 7 heteroatoms. The van der Waals surface area contributed by atoms with Gasteiger partial charge >= 0.3 is 0 Å². The molecular formula is C12H6Cl5NO. The quantitative estimate of drug-likeness (QED) is 0.719. The van der Waals surface area contributed by atoms with Crippen molar-refractivity contribution in [1.29, 1.82) is 0 Å². The zero-order chi connectivity index (χ0) is 14.2. The van der Waals surface area contributed by atoms with Gasteiger partial charge in [-0.2, -0.15) is 0 Å². The molecular weight excluding hydrogens is 351 g/mol. The highest BCUT2D eigenvalue weighted by molar-refractivity contribution is 6.45. The second-order valence-electron chi connectivity index (χ2n) is 3.65. The van der Waals surface area contributed by atoms with Crippen LogP contribution in [0.4, 0.5) is 0 Å². The average Bonchev–Trinajstić information content (AvgIpc) is 2.35. The van der Waals surface area contributed by atoms with E-state index in [0.29, 0.717) is 26.9 Å². The third kappa shape index (κ3) is 2.94. The van der Waals surface area contributed by atoms with Crippen molar-refractivity contribution in [3.8, 4) is 11.3 Å². The second-order valence-corrected chi connectivity index (χ2v) is 5.66. The fourth-order valence-electron chi connectivity index (χ4n) is 1.56. The predicted molar refractivity (Wildman–Crippen MR) is 80.6 cm³/mol. The van der Waals surface area contributed by atoms with Crippen molar-refractivity contribution in [2.75, 3.05) is 0 Å². The molecule has 1 aromatic carbocycles. The summed E-state index contributed by atoms with van der Waals surface area (Å²) < 4.78 is 0. The highest BCUT2D eigenvalue weighted by Crippen LogP contribution is 2.40. The van der Waals surface area contributed by atoms with E-state index >= 15 is 0 Å². The third-order valence-electron chi connectivity index (χ3n) is 2.47. The molecule has 2 rings (SSSR count). The molecule has 0 saturated heterocycles. The first-order valence-electron chi connectivity index (χ1n) is 5.04. The molecule has 0 aliphatic carbocycles. The van der Waals surface area contributed by atoms with Gasteiger partial charge in [-0.3, -0.25) is 4.98 Å². The minimum absolute atomic E-state index is 0.218. The zero-order valence-electron chi connectivity index (χ0n) is 9.22. The van der Waals surface area contributed by atoms with Gasteiger partial charge < -0.3 is 5.11 Å². The van der Waals surface area contributed by atoms with Gasteiger partial charge in [-0.05, 0) is 12.1 Å². The van der Waals surface area contributed by atoms with Crippen molar-refractivity contribution in [1.82, 2.24) is 4.98 Å². The Morgan fingerprint density at radius 3 is 2.26 bits per heavy atom. The van der Waals surface area contributed by atoms with Crippen LogP contribution in [0.5, 0.6) is 0 Å². The Morgan fingerprint density at radius 1 is 0.947 bits per heavy atom. The van der Waals surface area contributed by atoms with Crippen LogP contribution < -0.4 is 0 Å². The molecule has 0 bridgehead atoms. The summed E-state index contributed by atoms with van der Waals surface area (Å²) >= 11 is 30.1. The Hall–Kier alpha value is -0.220. The predicted octanol–water partition coefficient (Wildman–Crippen LogP) is 5.51. The number of nitrogens with zero attached hydrogens (tertiary/aromatic N) is 1. The molecule has 0 unspecified atom stereocenters. The van der Waals surface area contributed by atoms with Crippen LogP contribution in [0, 0.1) is 0 Å². The molecule has 0 spiro atoms. The van der Waals surface area contributed by atoms with Crippen molar-refractivity contribution >= 4 is 58.0 Å². The SMILES string of the molecule is OCc1c(Cl)cnc(-c2cc(Cl)cc(Cl)c2Cl)c1Cl. The van der Waals surface area contributed by atoms with Crippen molar-refractivity contribution in [2.45, 2.75) is 6.61 Å². The lowest BCUT2D eigenvalue weighted by Crippen LogP contribution is -1.94. The summed E-state index contributed by atoms with van der Waals surface area (Å²) in [5, 5.41) is 10.7. The Morgan fingerprint density at radius 2 is 1.63 bits per heavy atom. The number of aliphatic hydroxyl groups excluding tert-OH is 1. The lowest BCUT2D eigenvalue weighted by atomic mass is 10.1. The molecule has 100 valence electrons. The molecule has 1 N–H and O–H groups in total. The van der Waals surface area contributed by atoms with Crippen LogP contribution in [0.25, 0.3) is 11.3 Å². The van der Waals surface area contributed by atoms with Crippen molar-refractivity contribution in [3.05, 3.63) is 49.0 Å². The highest BCUT2D eigenvalue weighted by Gasteiger charge is 2.17. The highest BCUT2D eigenvalue weighted by atomic mass is 35.5. The van der Waals surface area contributed by atoms with Crippen LogP contribution in [0.1, 0.15) is 5.56 Å². The molecule has 1 aromatic heterocycles. The number of aliphatic hydroxyl groups is 1. The van der Waals surface area contributed by atoms with Gasteiger partial charge in [0.1, 0.15) is 0 Å². The summed E-state index contributed by atoms with van der Waals surface area (Å²) in [6.07, 6.45) is 1.39. The smallest absolute Gasteiger partial charge is 0.0909 e. The lowest BCUT2D eigenvalue weighted by molar-refractivity contribution is 0.282. The normalized spacial score (nSPS) is 10.8. The van der Waals surface area contributed by atoms with Crippen LogP contribution in [0.3, 0.4) is 0 Å². The van der Waals surface area contributed by atoms with Crippen LogP contribution in [-0.4, -0.2) is 10.1 Å². The summed E-state index contributed by atoms with van der Waals surface area (Å²) in [6, 6.07) is 3.12. The van der Waals surface area contributed by atoms with Crippen LogP contribution >= 0.6 is 58.0 Å². The fraction of sp³-hybridized carbons (Fsp3) is 0.0833. The van der Waals surface area contributed by atoms with E-state index in [1.807, 2.05) is 0 Å². The van der Waals surface area contributed by atoms with Crippen LogP contribution in [0.15, 0.2) is 18.3 Å². The molecule has 0 saturated carbocycles. The van der Waals surface area contributed by atoms with Crippen molar-refractivity contribution < 1.29 is 5.11 Å². The minimum atomic E-state index is -0.306. The van der Waals surface area contributed by atoms with Gasteiger partial charge in [0.15, 0.2) is 0 Å². The maximum absolute atomic E-state index is 9.27. The molecule has 19 heavy (non-hydrogen) atoms. The molecule has 0 amide bonds. The van der Waals surface area contributed by atoms with Crippen molar-refractivity contribution in [2.24, 2.45) is 0 Å². The van der Waals surface area contributed by atoms with E-state index in [0.717, 1.165) is 0 Å².